The van der Waals surface area contributed by atoms with Crippen molar-refractivity contribution >= 4 is 34.3 Å². The van der Waals surface area contributed by atoms with Gasteiger partial charge in [-0.15, -0.1) is 0 Å². The van der Waals surface area contributed by atoms with E-state index in [0.717, 1.165) is 72.7 Å². The van der Waals surface area contributed by atoms with Crippen molar-refractivity contribution in [3.63, 3.8) is 0 Å². The number of aromatic nitrogens is 3. The van der Waals surface area contributed by atoms with Crippen LogP contribution in [-0.2, 0) is 11.2 Å². The number of fused-ring (bicyclic) bond motifs is 1. The number of nitrogens with two attached hydrogens (primary N) is 1. The first-order chi connectivity index (χ1) is 15.5. The summed E-state index contributed by atoms with van der Waals surface area (Å²) in [7, 11) is 3.24. The minimum Gasteiger partial charge on any atom is -0.496 e. The van der Waals surface area contributed by atoms with Crippen LogP contribution in [0, 0.1) is 5.41 Å². The highest BCUT2D eigenvalue weighted by Gasteiger charge is 2.47. The lowest BCUT2D eigenvalue weighted by Gasteiger charge is -2.48. The molecule has 2 saturated heterocycles. The van der Waals surface area contributed by atoms with E-state index >= 15 is 0 Å². The largest absolute Gasteiger partial charge is 0.496 e. The molecule has 9 heteroatoms. The summed E-state index contributed by atoms with van der Waals surface area (Å²) in [4.78, 5) is 16.0. The number of nitrogens with zero attached hydrogens (tertiary/aromatic N) is 4. The zero-order valence-corrected chi connectivity index (χ0v) is 19.2. The first kappa shape index (κ1) is 21.0. The van der Waals surface area contributed by atoms with Crippen molar-refractivity contribution in [3.05, 3.63) is 28.9 Å². The number of pyridine rings is 1. The molecule has 32 heavy (non-hydrogen) atoms. The summed E-state index contributed by atoms with van der Waals surface area (Å²) >= 11 is 6.81. The number of nitrogen functional groups attached to an aromatic ring is 1. The van der Waals surface area contributed by atoms with Crippen LogP contribution in [0.3, 0.4) is 0 Å². The highest BCUT2D eigenvalue weighted by Crippen LogP contribution is 2.46. The van der Waals surface area contributed by atoms with Gasteiger partial charge in [-0.1, -0.05) is 18.5 Å². The molecule has 2 aliphatic rings. The second-order valence-corrected chi connectivity index (χ2v) is 8.84. The second kappa shape index (κ2) is 7.94. The molecular weight excluding hydrogens is 430 g/mol. The van der Waals surface area contributed by atoms with Gasteiger partial charge in [-0.3, -0.25) is 0 Å². The Morgan fingerprint density at radius 1 is 1.19 bits per heavy atom. The van der Waals surface area contributed by atoms with Gasteiger partial charge in [-0.05, 0) is 18.9 Å². The first-order valence-corrected chi connectivity index (χ1v) is 11.1. The molecule has 2 fully saturated rings. The van der Waals surface area contributed by atoms with E-state index in [4.69, 9.17) is 36.5 Å². The van der Waals surface area contributed by atoms with E-state index in [1.54, 1.807) is 20.4 Å². The first-order valence-electron chi connectivity index (χ1n) is 10.7. The molecule has 0 aliphatic carbocycles. The molecule has 4 heterocycles. The molecule has 1 spiro atoms. The molecular formula is C23H26ClN5O3. The average Bonchev–Trinajstić information content (AvgIpc) is 3.27. The van der Waals surface area contributed by atoms with Gasteiger partial charge in [-0.25, -0.2) is 15.0 Å². The number of hydrogen-bond acceptors (Lipinski definition) is 8. The van der Waals surface area contributed by atoms with Crippen LogP contribution in [0.1, 0.15) is 18.9 Å². The maximum atomic E-state index is 6.81. The summed E-state index contributed by atoms with van der Waals surface area (Å²) in [5.41, 5.74) is 9.35. The Hall–Kier alpha value is -2.84. The zero-order chi connectivity index (χ0) is 22.5. The van der Waals surface area contributed by atoms with Gasteiger partial charge >= 0.3 is 0 Å². The zero-order valence-electron chi connectivity index (χ0n) is 18.4. The van der Waals surface area contributed by atoms with Gasteiger partial charge in [0, 0.05) is 53.9 Å². The van der Waals surface area contributed by atoms with Gasteiger partial charge in [0.05, 0.1) is 31.5 Å². The van der Waals surface area contributed by atoms with E-state index in [2.05, 4.69) is 21.8 Å². The fraction of sp³-hybridized carbons (Fsp3) is 0.435. The molecule has 1 aromatic carbocycles. The third-order valence-corrected chi connectivity index (χ3v) is 6.83. The van der Waals surface area contributed by atoms with Gasteiger partial charge in [-0.2, -0.15) is 0 Å². The fourth-order valence-corrected chi connectivity index (χ4v) is 5.14. The van der Waals surface area contributed by atoms with Crippen molar-refractivity contribution in [3.8, 4) is 22.8 Å². The smallest absolute Gasteiger partial charge is 0.220 e. The summed E-state index contributed by atoms with van der Waals surface area (Å²) in [6.45, 7) is 5.42. The maximum Gasteiger partial charge on any atom is 0.220 e. The van der Waals surface area contributed by atoms with E-state index < -0.39 is 0 Å². The molecule has 2 N–H and O–H groups in total. The number of halogens is 1. The lowest BCUT2D eigenvalue weighted by Crippen LogP contribution is -2.57. The van der Waals surface area contributed by atoms with E-state index in [1.807, 2.05) is 12.1 Å². The lowest BCUT2D eigenvalue weighted by atomic mass is 9.79. The van der Waals surface area contributed by atoms with E-state index in [-0.39, 0.29) is 11.4 Å². The number of hydrogen-bond donors (Lipinski definition) is 1. The Balaban J connectivity index is 1.70. The normalized spacial score (nSPS) is 17.1. The van der Waals surface area contributed by atoms with Gasteiger partial charge in [0.1, 0.15) is 17.0 Å². The van der Waals surface area contributed by atoms with Gasteiger partial charge in [0.2, 0.25) is 5.95 Å². The topological polar surface area (TPSA) is 95.6 Å². The van der Waals surface area contributed by atoms with Crippen LogP contribution in [0.5, 0.6) is 11.5 Å². The Morgan fingerprint density at radius 3 is 2.62 bits per heavy atom. The van der Waals surface area contributed by atoms with E-state index in [9.17, 15) is 0 Å². The number of benzene rings is 1. The third kappa shape index (κ3) is 3.29. The molecule has 8 nitrogen and oxygen atoms in total. The summed E-state index contributed by atoms with van der Waals surface area (Å²) in [6, 6.07) is 3.77. The van der Waals surface area contributed by atoms with Crippen LogP contribution in [0.15, 0.2) is 18.3 Å². The molecule has 2 aliphatic heterocycles. The quantitative estimate of drug-likeness (QED) is 0.621. The molecule has 5 rings (SSSR count). The predicted octanol–water partition coefficient (Wildman–Crippen LogP) is 3.73. The van der Waals surface area contributed by atoms with Gasteiger partial charge in [0.15, 0.2) is 5.82 Å². The van der Waals surface area contributed by atoms with Crippen LogP contribution in [0.25, 0.3) is 22.2 Å². The van der Waals surface area contributed by atoms with Gasteiger partial charge in [0.25, 0.3) is 0 Å². The van der Waals surface area contributed by atoms with Crippen molar-refractivity contribution in [2.24, 2.45) is 5.41 Å². The Morgan fingerprint density at radius 2 is 1.97 bits per heavy atom. The summed E-state index contributed by atoms with van der Waals surface area (Å²) in [5, 5.41) is 1.35. The molecule has 0 radical (unpaired) electrons. The predicted molar refractivity (Wildman–Crippen MR) is 125 cm³/mol. The van der Waals surface area contributed by atoms with Gasteiger partial charge < -0.3 is 24.8 Å². The van der Waals surface area contributed by atoms with Crippen LogP contribution in [-0.4, -0.2) is 55.5 Å². The molecule has 3 aromatic rings. The minimum absolute atomic E-state index is 0.202. The van der Waals surface area contributed by atoms with Crippen LogP contribution < -0.4 is 20.1 Å². The van der Waals surface area contributed by atoms with Crippen molar-refractivity contribution in [1.82, 2.24) is 15.0 Å². The molecule has 2 aromatic heterocycles. The molecule has 0 amide bonds. The number of anilines is 2. The number of methoxy groups -OCH3 is 2. The SMILES string of the molecule is CCc1c(OC)cc(OC)c(Cl)c1-c1cc2cnc(N)nc2c(N2CC3(CCOC3)C2)n1. The van der Waals surface area contributed by atoms with Crippen LogP contribution in [0.2, 0.25) is 5.02 Å². The molecule has 0 atom stereocenters. The van der Waals surface area contributed by atoms with E-state index in [0.29, 0.717) is 16.5 Å². The molecule has 0 unspecified atom stereocenters. The summed E-state index contributed by atoms with van der Waals surface area (Å²) < 4.78 is 16.8. The summed E-state index contributed by atoms with van der Waals surface area (Å²) in [6.07, 6.45) is 3.52. The van der Waals surface area contributed by atoms with Crippen molar-refractivity contribution in [2.75, 3.05) is 51.2 Å². The second-order valence-electron chi connectivity index (χ2n) is 8.46. The maximum absolute atomic E-state index is 6.81. The van der Waals surface area contributed by atoms with Crippen LogP contribution in [0.4, 0.5) is 11.8 Å². The van der Waals surface area contributed by atoms with Crippen molar-refractivity contribution < 1.29 is 14.2 Å². The number of rotatable bonds is 5. The van der Waals surface area contributed by atoms with Crippen molar-refractivity contribution in [2.45, 2.75) is 19.8 Å². The van der Waals surface area contributed by atoms with Crippen LogP contribution >= 0.6 is 11.6 Å². The molecule has 0 bridgehead atoms. The fourth-order valence-electron chi connectivity index (χ4n) is 4.79. The average molecular weight is 456 g/mol. The standard InChI is InChI=1S/C23H26ClN5O3/c1-4-14-16(30-2)8-17(31-3)19(24)18(14)15-7-13-9-26-22(25)28-20(13)21(27-15)29-10-23(11-29)5-6-32-12-23/h7-9H,4-6,10-12H2,1-3H3,(H2,25,26,28). The highest BCUT2D eigenvalue weighted by atomic mass is 35.5. The lowest BCUT2D eigenvalue weighted by molar-refractivity contribution is 0.131. The molecule has 0 saturated carbocycles. The highest BCUT2D eigenvalue weighted by molar-refractivity contribution is 6.35. The third-order valence-electron chi connectivity index (χ3n) is 6.45. The Kier molecular flexibility index (Phi) is 5.22. The number of ether oxygens (including phenoxy) is 3. The molecule has 168 valence electrons. The van der Waals surface area contributed by atoms with Crippen molar-refractivity contribution in [1.29, 1.82) is 0 Å². The Labute approximate surface area is 191 Å². The summed E-state index contributed by atoms with van der Waals surface area (Å²) in [5.74, 6) is 2.26. The minimum atomic E-state index is 0.202. The van der Waals surface area contributed by atoms with E-state index in [1.165, 1.54) is 0 Å². The monoisotopic (exact) mass is 455 g/mol. The Bertz CT molecular complexity index is 1190.